The van der Waals surface area contributed by atoms with E-state index in [0.29, 0.717) is 11.4 Å². The summed E-state index contributed by atoms with van der Waals surface area (Å²) in [6.45, 7) is 2.12. The van der Waals surface area contributed by atoms with E-state index in [1.54, 1.807) is 18.5 Å². The van der Waals surface area contributed by atoms with Crippen LogP contribution in [-0.4, -0.2) is 16.1 Å². The number of nitrogens with zero attached hydrogens (tertiary/aromatic N) is 2. The molecule has 0 N–H and O–H groups in total. The molecule has 232 valence electrons. The summed E-state index contributed by atoms with van der Waals surface area (Å²) in [5.74, 6) is -6.15. The van der Waals surface area contributed by atoms with Gasteiger partial charge < -0.3 is 4.74 Å². The summed E-state index contributed by atoms with van der Waals surface area (Å²) < 4.78 is 106. The van der Waals surface area contributed by atoms with Gasteiger partial charge in [0.1, 0.15) is 11.6 Å². The Bertz CT molecular complexity index is 1580. The van der Waals surface area contributed by atoms with Gasteiger partial charge in [0.15, 0.2) is 23.3 Å². The molecule has 4 aromatic rings. The molecule has 1 fully saturated rings. The highest BCUT2D eigenvalue weighted by Crippen LogP contribution is 2.41. The first-order valence-corrected chi connectivity index (χ1v) is 14.7. The number of hydrogen-bond acceptors (Lipinski definition) is 3. The Morgan fingerprint density at radius 3 is 2.00 bits per heavy atom. The summed E-state index contributed by atoms with van der Waals surface area (Å²) in [4.78, 5) is 8.65. The molecule has 0 amide bonds. The summed E-state index contributed by atoms with van der Waals surface area (Å²) in [5.41, 5.74) is 0.755. The lowest BCUT2D eigenvalue weighted by Gasteiger charge is -2.31. The predicted molar refractivity (Wildman–Crippen MR) is 152 cm³/mol. The van der Waals surface area contributed by atoms with Crippen LogP contribution >= 0.6 is 0 Å². The summed E-state index contributed by atoms with van der Waals surface area (Å²) in [7, 11) is 0. The van der Waals surface area contributed by atoms with Gasteiger partial charge in [0.05, 0.1) is 11.7 Å². The molecule has 1 aliphatic carbocycles. The largest absolute Gasteiger partial charge is 0.386 e. The second-order valence-corrected chi connectivity index (χ2v) is 11.2. The van der Waals surface area contributed by atoms with Crippen molar-refractivity contribution in [1.29, 1.82) is 0 Å². The molecule has 5 rings (SSSR count). The van der Waals surface area contributed by atoms with E-state index < -0.39 is 46.9 Å². The zero-order valence-corrected chi connectivity index (χ0v) is 24.0. The van der Waals surface area contributed by atoms with Crippen LogP contribution in [0.25, 0.3) is 22.5 Å². The summed E-state index contributed by atoms with van der Waals surface area (Å²) in [5, 5.41) is 0. The molecule has 1 heterocycles. The van der Waals surface area contributed by atoms with Crippen molar-refractivity contribution in [3.05, 3.63) is 107 Å². The minimum Gasteiger partial charge on any atom is -0.313 e. The molecular weight excluding hydrogens is 585 g/mol. The normalized spacial score (nSPS) is 17.2. The van der Waals surface area contributed by atoms with Gasteiger partial charge in [0, 0.05) is 23.5 Å². The van der Waals surface area contributed by atoms with Crippen molar-refractivity contribution in [2.24, 2.45) is 0 Å². The first-order valence-electron chi connectivity index (χ1n) is 14.7. The van der Waals surface area contributed by atoms with E-state index in [4.69, 9.17) is 4.74 Å². The smallest absolute Gasteiger partial charge is 0.313 e. The van der Waals surface area contributed by atoms with Crippen LogP contribution in [-0.2, 0) is 17.3 Å². The minimum atomic E-state index is -3.98. The average Bonchev–Trinajstić information content (AvgIpc) is 3.00. The number of benzene rings is 3. The van der Waals surface area contributed by atoms with E-state index in [0.717, 1.165) is 55.5 Å². The van der Waals surface area contributed by atoms with Crippen LogP contribution in [0.15, 0.2) is 60.9 Å². The molecule has 0 bridgehead atoms. The lowest BCUT2D eigenvalue weighted by molar-refractivity contribution is -0.278. The summed E-state index contributed by atoms with van der Waals surface area (Å²) in [6.07, 6.45) is 3.40. The summed E-state index contributed by atoms with van der Waals surface area (Å²) >= 11 is 0. The van der Waals surface area contributed by atoms with E-state index in [9.17, 15) is 17.6 Å². The van der Waals surface area contributed by atoms with Gasteiger partial charge in [-0.25, -0.2) is 31.9 Å². The molecule has 1 aliphatic rings. The van der Waals surface area contributed by atoms with Crippen molar-refractivity contribution in [3.8, 4) is 22.5 Å². The molecule has 44 heavy (non-hydrogen) atoms. The Hall–Kier alpha value is -3.79. The van der Waals surface area contributed by atoms with Gasteiger partial charge in [-0.15, -0.1) is 0 Å². The molecule has 0 aliphatic heterocycles. The van der Waals surface area contributed by atoms with Crippen LogP contribution in [0.1, 0.15) is 74.5 Å². The third-order valence-corrected chi connectivity index (χ3v) is 8.06. The Kier molecular flexibility index (Phi) is 9.68. The van der Waals surface area contributed by atoms with Crippen molar-refractivity contribution in [2.45, 2.75) is 76.4 Å². The SMILES string of the molecule is CCCCCc1cnc(-c2ccc(-c3ccc(C(F)(F)OC4CCC(c5cc(F)c(F)c(F)c5)CC4)c(F)c3)c(F)c2)nc1. The predicted octanol–water partition coefficient (Wildman–Crippen LogP) is 10.0. The third-order valence-electron chi connectivity index (χ3n) is 8.06. The molecule has 1 saturated carbocycles. The Morgan fingerprint density at radius 2 is 1.39 bits per heavy atom. The van der Waals surface area contributed by atoms with Crippen molar-refractivity contribution in [2.75, 3.05) is 0 Å². The highest BCUT2D eigenvalue weighted by molar-refractivity contribution is 5.69. The van der Waals surface area contributed by atoms with Crippen LogP contribution in [0.5, 0.6) is 0 Å². The molecule has 0 radical (unpaired) electrons. The zero-order valence-electron chi connectivity index (χ0n) is 24.0. The van der Waals surface area contributed by atoms with Crippen LogP contribution in [0.4, 0.5) is 30.7 Å². The Balaban J connectivity index is 1.23. The quantitative estimate of drug-likeness (QED) is 0.101. The van der Waals surface area contributed by atoms with Crippen LogP contribution in [0.3, 0.4) is 0 Å². The number of rotatable bonds is 10. The number of alkyl halides is 2. The fraction of sp³-hybridized carbons (Fsp3) is 0.353. The molecule has 1 aromatic heterocycles. The number of unbranched alkanes of at least 4 members (excludes halogenated alkanes) is 2. The van der Waals surface area contributed by atoms with Gasteiger partial charge in [0.2, 0.25) is 0 Å². The van der Waals surface area contributed by atoms with Crippen molar-refractivity contribution in [1.82, 2.24) is 9.97 Å². The van der Waals surface area contributed by atoms with Crippen LogP contribution in [0.2, 0.25) is 0 Å². The highest BCUT2D eigenvalue weighted by atomic mass is 19.3. The maximum Gasteiger partial charge on any atom is 0.386 e. The first kappa shape index (κ1) is 31.6. The average molecular weight is 617 g/mol. The van der Waals surface area contributed by atoms with E-state index in [2.05, 4.69) is 16.9 Å². The third kappa shape index (κ3) is 7.12. The topological polar surface area (TPSA) is 35.0 Å². The van der Waals surface area contributed by atoms with Gasteiger partial charge >= 0.3 is 6.11 Å². The fourth-order valence-electron chi connectivity index (χ4n) is 5.62. The number of ether oxygens (including phenoxy) is 1. The second kappa shape index (κ2) is 13.5. The molecule has 0 atom stereocenters. The Morgan fingerprint density at radius 1 is 0.750 bits per heavy atom. The number of aryl methyl sites for hydroxylation is 1. The van der Waals surface area contributed by atoms with Crippen molar-refractivity contribution < 1.29 is 35.5 Å². The number of halogens is 7. The second-order valence-electron chi connectivity index (χ2n) is 11.2. The monoisotopic (exact) mass is 616 g/mol. The lowest BCUT2D eigenvalue weighted by Crippen LogP contribution is -2.30. The van der Waals surface area contributed by atoms with Crippen molar-refractivity contribution >= 4 is 0 Å². The molecule has 0 spiro atoms. The van der Waals surface area contributed by atoms with E-state index in [1.807, 2.05) is 0 Å². The van der Waals surface area contributed by atoms with E-state index in [1.165, 1.54) is 18.2 Å². The van der Waals surface area contributed by atoms with Gasteiger partial charge in [-0.2, -0.15) is 8.78 Å². The first-order chi connectivity index (χ1) is 21.1. The van der Waals surface area contributed by atoms with Gasteiger partial charge in [-0.05, 0) is 91.5 Å². The maximum atomic E-state index is 15.1. The summed E-state index contributed by atoms with van der Waals surface area (Å²) in [6, 6.07) is 8.94. The van der Waals surface area contributed by atoms with E-state index in [-0.39, 0.29) is 48.3 Å². The zero-order chi connectivity index (χ0) is 31.4. The molecule has 3 aromatic carbocycles. The van der Waals surface area contributed by atoms with Gasteiger partial charge in [0.25, 0.3) is 0 Å². The van der Waals surface area contributed by atoms with Crippen LogP contribution < -0.4 is 0 Å². The highest BCUT2D eigenvalue weighted by Gasteiger charge is 2.40. The lowest BCUT2D eigenvalue weighted by atomic mass is 9.82. The Labute approximate surface area is 251 Å². The minimum absolute atomic E-state index is 0.0200. The molecule has 10 heteroatoms. The molecule has 3 nitrogen and oxygen atoms in total. The fourth-order valence-corrected chi connectivity index (χ4v) is 5.62. The number of aromatic nitrogens is 2. The molecule has 0 saturated heterocycles. The number of hydrogen-bond donors (Lipinski definition) is 0. The molecular formula is C34H31F7N2O. The standard InChI is InChI=1S/C34H31F7N2O/c1-2-3-4-5-20-18-42-33(43-19-20)23-8-12-26(28(35)15-23)22-9-13-27(29(36)14-22)34(40,41)44-25-10-6-21(7-11-25)24-16-30(37)32(39)31(38)17-24/h8-9,12-19,21,25H,2-7,10-11H2,1H3. The van der Waals surface area contributed by atoms with Gasteiger partial charge in [-0.3, -0.25) is 0 Å². The van der Waals surface area contributed by atoms with Crippen molar-refractivity contribution in [3.63, 3.8) is 0 Å². The maximum absolute atomic E-state index is 15.1. The van der Waals surface area contributed by atoms with E-state index >= 15 is 13.2 Å². The molecule has 0 unspecified atom stereocenters. The van der Waals surface area contributed by atoms with Crippen LogP contribution in [0, 0.1) is 29.1 Å². The van der Waals surface area contributed by atoms with Gasteiger partial charge in [-0.1, -0.05) is 38.0 Å².